The molecule has 0 amide bonds. The van der Waals surface area contributed by atoms with E-state index in [0.29, 0.717) is 31.3 Å². The molecule has 0 spiro atoms. The van der Waals surface area contributed by atoms with E-state index in [-0.39, 0.29) is 6.04 Å². The predicted octanol–water partition coefficient (Wildman–Crippen LogP) is 2.60. The molecular formula is C18H25N7O. The number of fused-ring (bicyclic) bond motifs is 1. The molecule has 0 saturated carbocycles. The highest BCUT2D eigenvalue weighted by Gasteiger charge is 2.15. The third kappa shape index (κ3) is 4.08. The van der Waals surface area contributed by atoms with Crippen molar-refractivity contribution in [3.05, 3.63) is 36.4 Å². The van der Waals surface area contributed by atoms with Gasteiger partial charge < -0.3 is 20.3 Å². The van der Waals surface area contributed by atoms with Gasteiger partial charge in [0.1, 0.15) is 0 Å². The lowest BCUT2D eigenvalue weighted by atomic mass is 10.3. The third-order valence-corrected chi connectivity index (χ3v) is 4.13. The first kappa shape index (κ1) is 18.1. The van der Waals surface area contributed by atoms with E-state index in [9.17, 15) is 5.11 Å². The SMILES string of the molecule is CCC(O)CNc1nc(NCc2cccnc2)c2ncn(C(C)C)c2n1. The maximum Gasteiger partial charge on any atom is 0.226 e. The van der Waals surface area contributed by atoms with E-state index in [0.717, 1.165) is 16.7 Å². The van der Waals surface area contributed by atoms with E-state index < -0.39 is 6.10 Å². The molecule has 3 heterocycles. The van der Waals surface area contributed by atoms with Crippen LogP contribution in [-0.4, -0.2) is 42.3 Å². The van der Waals surface area contributed by atoms with Crippen LogP contribution in [0.25, 0.3) is 11.2 Å². The zero-order valence-corrected chi connectivity index (χ0v) is 15.3. The Labute approximate surface area is 152 Å². The summed E-state index contributed by atoms with van der Waals surface area (Å²) in [5.74, 6) is 1.13. The highest BCUT2D eigenvalue weighted by molar-refractivity contribution is 5.84. The van der Waals surface area contributed by atoms with Crippen LogP contribution in [0, 0.1) is 0 Å². The Balaban J connectivity index is 1.91. The molecule has 0 bridgehead atoms. The van der Waals surface area contributed by atoms with E-state index in [4.69, 9.17) is 0 Å². The molecule has 3 aromatic heterocycles. The minimum atomic E-state index is -0.434. The summed E-state index contributed by atoms with van der Waals surface area (Å²) in [5, 5.41) is 16.2. The second kappa shape index (κ2) is 8.09. The average Bonchev–Trinajstić information content (AvgIpc) is 3.09. The molecule has 0 saturated heterocycles. The van der Waals surface area contributed by atoms with Crippen molar-refractivity contribution >= 4 is 22.9 Å². The summed E-state index contributed by atoms with van der Waals surface area (Å²) in [6, 6.07) is 4.14. The number of hydrogen-bond acceptors (Lipinski definition) is 7. The molecule has 26 heavy (non-hydrogen) atoms. The van der Waals surface area contributed by atoms with E-state index in [2.05, 4.69) is 44.4 Å². The van der Waals surface area contributed by atoms with Crippen molar-refractivity contribution in [3.63, 3.8) is 0 Å². The van der Waals surface area contributed by atoms with E-state index in [1.54, 1.807) is 12.5 Å². The molecule has 0 aliphatic heterocycles. The number of imidazole rings is 1. The fourth-order valence-corrected chi connectivity index (χ4v) is 2.54. The lowest BCUT2D eigenvalue weighted by Crippen LogP contribution is -2.20. The van der Waals surface area contributed by atoms with Crippen LogP contribution in [0.2, 0.25) is 0 Å². The molecule has 3 aromatic rings. The number of hydrogen-bond donors (Lipinski definition) is 3. The Morgan fingerprint density at radius 2 is 2.08 bits per heavy atom. The molecule has 0 aliphatic carbocycles. The van der Waals surface area contributed by atoms with Crippen molar-refractivity contribution in [2.45, 2.75) is 45.9 Å². The predicted molar refractivity (Wildman–Crippen MR) is 102 cm³/mol. The number of nitrogens with one attached hydrogen (secondary N) is 2. The highest BCUT2D eigenvalue weighted by Crippen LogP contribution is 2.23. The molecule has 3 N–H and O–H groups in total. The fourth-order valence-electron chi connectivity index (χ4n) is 2.54. The van der Waals surface area contributed by atoms with E-state index in [1.165, 1.54) is 0 Å². The van der Waals surface area contributed by atoms with Crippen LogP contribution >= 0.6 is 0 Å². The zero-order valence-electron chi connectivity index (χ0n) is 15.3. The van der Waals surface area contributed by atoms with Gasteiger partial charge in [0, 0.05) is 31.5 Å². The monoisotopic (exact) mass is 355 g/mol. The smallest absolute Gasteiger partial charge is 0.226 e. The van der Waals surface area contributed by atoms with Gasteiger partial charge in [-0.1, -0.05) is 13.0 Å². The number of rotatable bonds is 8. The first-order valence-electron chi connectivity index (χ1n) is 8.87. The Bertz CT molecular complexity index is 847. The van der Waals surface area contributed by atoms with Gasteiger partial charge in [-0.05, 0) is 31.9 Å². The fraction of sp³-hybridized carbons (Fsp3) is 0.444. The zero-order chi connectivity index (χ0) is 18.5. The van der Waals surface area contributed by atoms with Crippen molar-refractivity contribution in [3.8, 4) is 0 Å². The quantitative estimate of drug-likeness (QED) is 0.571. The van der Waals surface area contributed by atoms with Gasteiger partial charge in [0.15, 0.2) is 17.0 Å². The molecule has 8 nitrogen and oxygen atoms in total. The van der Waals surface area contributed by atoms with Gasteiger partial charge >= 0.3 is 0 Å². The molecule has 3 rings (SSSR count). The number of aliphatic hydroxyl groups excluding tert-OH is 1. The van der Waals surface area contributed by atoms with Crippen LogP contribution in [0.3, 0.4) is 0 Å². The molecule has 0 aliphatic rings. The average molecular weight is 355 g/mol. The first-order valence-corrected chi connectivity index (χ1v) is 8.87. The van der Waals surface area contributed by atoms with E-state index >= 15 is 0 Å². The number of aliphatic hydroxyl groups is 1. The summed E-state index contributed by atoms with van der Waals surface area (Å²) < 4.78 is 2.01. The van der Waals surface area contributed by atoms with Crippen molar-refractivity contribution in [2.75, 3.05) is 17.2 Å². The lowest BCUT2D eigenvalue weighted by molar-refractivity contribution is 0.183. The van der Waals surface area contributed by atoms with Gasteiger partial charge in [0.2, 0.25) is 5.95 Å². The minimum Gasteiger partial charge on any atom is -0.391 e. The number of aromatic nitrogens is 5. The van der Waals surface area contributed by atoms with Crippen LogP contribution in [0.15, 0.2) is 30.9 Å². The molecule has 8 heteroatoms. The Kier molecular flexibility index (Phi) is 5.62. The van der Waals surface area contributed by atoms with Crippen LogP contribution in [-0.2, 0) is 6.54 Å². The number of pyridine rings is 1. The second-order valence-corrected chi connectivity index (χ2v) is 6.47. The third-order valence-electron chi connectivity index (χ3n) is 4.13. The molecule has 0 aromatic carbocycles. The largest absolute Gasteiger partial charge is 0.391 e. The first-order chi connectivity index (χ1) is 12.6. The van der Waals surface area contributed by atoms with Crippen molar-refractivity contribution in [1.29, 1.82) is 0 Å². The Morgan fingerprint density at radius 1 is 1.23 bits per heavy atom. The van der Waals surface area contributed by atoms with Gasteiger partial charge in [-0.15, -0.1) is 0 Å². The van der Waals surface area contributed by atoms with Crippen molar-refractivity contribution in [2.24, 2.45) is 0 Å². The Morgan fingerprint density at radius 3 is 2.77 bits per heavy atom. The van der Waals surface area contributed by atoms with Crippen LogP contribution in [0.1, 0.15) is 38.8 Å². The molecule has 0 fully saturated rings. The van der Waals surface area contributed by atoms with Gasteiger partial charge in [0.25, 0.3) is 0 Å². The van der Waals surface area contributed by atoms with Crippen LogP contribution < -0.4 is 10.6 Å². The Hall–Kier alpha value is -2.74. The van der Waals surface area contributed by atoms with E-state index in [1.807, 2.05) is 29.8 Å². The molecular weight excluding hydrogens is 330 g/mol. The number of anilines is 2. The molecule has 1 atom stereocenters. The van der Waals surface area contributed by atoms with Gasteiger partial charge in [-0.2, -0.15) is 9.97 Å². The maximum atomic E-state index is 9.80. The van der Waals surface area contributed by atoms with Gasteiger partial charge in [-0.25, -0.2) is 4.98 Å². The standard InChI is InChI=1S/C18H25N7O/c1-4-14(26)10-21-18-23-16(20-9-13-6-5-7-19-8-13)15-17(24-18)25(11-22-15)12(2)3/h5-8,11-12,14,26H,4,9-10H2,1-3H3,(H2,20,21,23,24). The van der Waals surface area contributed by atoms with Gasteiger partial charge in [0.05, 0.1) is 12.4 Å². The summed E-state index contributed by atoms with van der Waals surface area (Å²) in [4.78, 5) is 17.8. The second-order valence-electron chi connectivity index (χ2n) is 6.47. The van der Waals surface area contributed by atoms with Gasteiger partial charge in [-0.3, -0.25) is 4.98 Å². The minimum absolute atomic E-state index is 0.232. The lowest BCUT2D eigenvalue weighted by Gasteiger charge is -2.13. The summed E-state index contributed by atoms with van der Waals surface area (Å²) in [6.07, 6.45) is 5.58. The van der Waals surface area contributed by atoms with Crippen LogP contribution in [0.5, 0.6) is 0 Å². The maximum absolute atomic E-state index is 9.80. The molecule has 0 radical (unpaired) electrons. The molecule has 1 unspecified atom stereocenters. The summed E-state index contributed by atoms with van der Waals surface area (Å²) in [5.41, 5.74) is 2.54. The number of nitrogens with zero attached hydrogens (tertiary/aromatic N) is 5. The summed E-state index contributed by atoms with van der Waals surface area (Å²) in [7, 11) is 0. The summed E-state index contributed by atoms with van der Waals surface area (Å²) in [6.45, 7) is 7.09. The van der Waals surface area contributed by atoms with Crippen molar-refractivity contribution in [1.82, 2.24) is 24.5 Å². The normalized spacial score (nSPS) is 12.5. The molecule has 138 valence electrons. The topological polar surface area (TPSA) is 101 Å². The summed E-state index contributed by atoms with van der Waals surface area (Å²) >= 11 is 0. The highest BCUT2D eigenvalue weighted by atomic mass is 16.3. The van der Waals surface area contributed by atoms with Crippen LogP contribution in [0.4, 0.5) is 11.8 Å². The van der Waals surface area contributed by atoms with Crippen molar-refractivity contribution < 1.29 is 5.11 Å².